The molecule has 3 N–H and O–H groups in total. The Morgan fingerprint density at radius 1 is 1.31 bits per heavy atom. The molecule has 0 atom stereocenters. The number of nitrogens with two attached hydrogens (primary N) is 1. The standard InChI is InChI=1S/C8H10N2O2S/c1-2-10-7-3-5-8(6-4-7)13(9,11)12/h2-6,10H,1H2,(H2,9,11,12). The topological polar surface area (TPSA) is 72.2 Å². The SMILES string of the molecule is C=CNc1ccc(S(N)(=O)=O)cc1. The van der Waals surface area contributed by atoms with Crippen LogP contribution >= 0.6 is 0 Å². The second-order valence-corrected chi connectivity index (χ2v) is 3.98. The van der Waals surface area contributed by atoms with E-state index in [0.717, 1.165) is 5.69 Å². The van der Waals surface area contributed by atoms with Crippen LogP contribution in [0.5, 0.6) is 0 Å². The van der Waals surface area contributed by atoms with E-state index in [1.165, 1.54) is 18.3 Å². The predicted molar refractivity (Wildman–Crippen MR) is 51.6 cm³/mol. The van der Waals surface area contributed by atoms with Crippen molar-refractivity contribution in [2.75, 3.05) is 5.32 Å². The van der Waals surface area contributed by atoms with E-state index in [4.69, 9.17) is 5.14 Å². The Bertz CT molecular complexity index is 395. The van der Waals surface area contributed by atoms with Gasteiger partial charge in [-0.15, -0.1) is 0 Å². The van der Waals surface area contributed by atoms with E-state index in [2.05, 4.69) is 11.9 Å². The molecule has 0 fully saturated rings. The average Bonchev–Trinajstić information content (AvgIpc) is 2.04. The first-order valence-electron chi connectivity index (χ1n) is 3.54. The smallest absolute Gasteiger partial charge is 0.238 e. The Morgan fingerprint density at radius 2 is 1.85 bits per heavy atom. The van der Waals surface area contributed by atoms with Gasteiger partial charge in [-0.05, 0) is 30.5 Å². The average molecular weight is 198 g/mol. The van der Waals surface area contributed by atoms with Crippen molar-refractivity contribution in [2.45, 2.75) is 4.90 Å². The fourth-order valence-electron chi connectivity index (χ4n) is 0.859. The molecule has 0 spiro atoms. The lowest BCUT2D eigenvalue weighted by atomic mass is 10.3. The minimum atomic E-state index is -3.59. The number of nitrogens with one attached hydrogen (secondary N) is 1. The molecule has 0 saturated heterocycles. The van der Waals surface area contributed by atoms with Crippen LogP contribution in [0.3, 0.4) is 0 Å². The van der Waals surface area contributed by atoms with Crippen LogP contribution < -0.4 is 10.5 Å². The van der Waals surface area contributed by atoms with Crippen LogP contribution in [0.2, 0.25) is 0 Å². The quantitative estimate of drug-likeness (QED) is 0.757. The van der Waals surface area contributed by atoms with Crippen LogP contribution in [-0.2, 0) is 10.0 Å². The first-order chi connectivity index (χ1) is 6.04. The Morgan fingerprint density at radius 3 is 2.23 bits per heavy atom. The van der Waals surface area contributed by atoms with Crippen molar-refractivity contribution in [1.82, 2.24) is 0 Å². The highest BCUT2D eigenvalue weighted by atomic mass is 32.2. The lowest BCUT2D eigenvalue weighted by Gasteiger charge is -2.01. The second kappa shape index (κ2) is 3.59. The van der Waals surface area contributed by atoms with Gasteiger partial charge in [0.2, 0.25) is 10.0 Å². The van der Waals surface area contributed by atoms with Gasteiger partial charge in [0.05, 0.1) is 4.90 Å². The molecule has 13 heavy (non-hydrogen) atoms. The van der Waals surface area contributed by atoms with Crippen molar-refractivity contribution < 1.29 is 8.42 Å². The number of sulfonamides is 1. The molecule has 0 heterocycles. The monoisotopic (exact) mass is 198 g/mol. The maximum absolute atomic E-state index is 10.8. The molecule has 0 amide bonds. The summed E-state index contributed by atoms with van der Waals surface area (Å²) in [4.78, 5) is 0.0992. The molecule has 1 rings (SSSR count). The van der Waals surface area contributed by atoms with Gasteiger partial charge in [-0.3, -0.25) is 0 Å². The fourth-order valence-corrected chi connectivity index (χ4v) is 1.37. The largest absolute Gasteiger partial charge is 0.362 e. The van der Waals surface area contributed by atoms with E-state index in [1.54, 1.807) is 12.1 Å². The highest BCUT2D eigenvalue weighted by Gasteiger charge is 2.05. The first kappa shape index (κ1) is 9.76. The van der Waals surface area contributed by atoms with Gasteiger partial charge in [-0.25, -0.2) is 13.6 Å². The number of benzene rings is 1. The molecule has 0 aliphatic rings. The Labute approximate surface area is 77.1 Å². The molecule has 1 aromatic rings. The summed E-state index contributed by atoms with van der Waals surface area (Å²) >= 11 is 0. The molecular weight excluding hydrogens is 188 g/mol. The maximum Gasteiger partial charge on any atom is 0.238 e. The fraction of sp³-hybridized carbons (Fsp3) is 0. The van der Waals surface area contributed by atoms with E-state index in [1.807, 2.05) is 0 Å². The molecule has 0 aliphatic heterocycles. The summed E-state index contributed by atoms with van der Waals surface area (Å²) in [5, 5.41) is 7.73. The van der Waals surface area contributed by atoms with Crippen molar-refractivity contribution in [3.63, 3.8) is 0 Å². The highest BCUT2D eigenvalue weighted by molar-refractivity contribution is 7.89. The van der Waals surface area contributed by atoms with E-state index in [9.17, 15) is 8.42 Å². The molecule has 5 heteroatoms. The van der Waals surface area contributed by atoms with Gasteiger partial charge < -0.3 is 5.32 Å². The molecular formula is C8H10N2O2S. The van der Waals surface area contributed by atoms with Crippen molar-refractivity contribution in [2.24, 2.45) is 5.14 Å². The van der Waals surface area contributed by atoms with Crippen LogP contribution in [0.15, 0.2) is 41.9 Å². The summed E-state index contributed by atoms with van der Waals surface area (Å²) in [6.07, 6.45) is 1.51. The van der Waals surface area contributed by atoms with E-state index in [0.29, 0.717) is 0 Å². The van der Waals surface area contributed by atoms with Gasteiger partial charge in [0.1, 0.15) is 0 Å². The number of hydrogen-bond donors (Lipinski definition) is 2. The summed E-state index contributed by atoms with van der Waals surface area (Å²) in [5.74, 6) is 0. The van der Waals surface area contributed by atoms with E-state index < -0.39 is 10.0 Å². The van der Waals surface area contributed by atoms with Crippen LogP contribution in [0.1, 0.15) is 0 Å². The zero-order chi connectivity index (χ0) is 9.90. The van der Waals surface area contributed by atoms with Crippen molar-refractivity contribution >= 4 is 15.7 Å². The van der Waals surface area contributed by atoms with Crippen LogP contribution in [-0.4, -0.2) is 8.42 Å². The summed E-state index contributed by atoms with van der Waals surface area (Å²) in [6, 6.07) is 6.09. The summed E-state index contributed by atoms with van der Waals surface area (Å²) in [5.41, 5.74) is 0.766. The number of primary sulfonamides is 1. The number of anilines is 1. The third kappa shape index (κ3) is 2.57. The Hall–Kier alpha value is -1.33. The molecule has 0 bridgehead atoms. The molecule has 0 aliphatic carbocycles. The van der Waals surface area contributed by atoms with E-state index >= 15 is 0 Å². The van der Waals surface area contributed by atoms with Gasteiger partial charge in [-0.1, -0.05) is 6.58 Å². The van der Waals surface area contributed by atoms with Gasteiger partial charge in [-0.2, -0.15) is 0 Å². The van der Waals surface area contributed by atoms with Gasteiger partial charge in [0.25, 0.3) is 0 Å². The van der Waals surface area contributed by atoms with Crippen LogP contribution in [0.4, 0.5) is 5.69 Å². The summed E-state index contributed by atoms with van der Waals surface area (Å²) < 4.78 is 21.7. The molecule has 0 saturated carbocycles. The normalized spacial score (nSPS) is 10.8. The molecule has 0 radical (unpaired) electrons. The maximum atomic E-state index is 10.8. The van der Waals surface area contributed by atoms with Crippen LogP contribution in [0.25, 0.3) is 0 Å². The van der Waals surface area contributed by atoms with Gasteiger partial charge in [0.15, 0.2) is 0 Å². The summed E-state index contributed by atoms with van der Waals surface area (Å²) in [6.45, 7) is 3.47. The summed E-state index contributed by atoms with van der Waals surface area (Å²) in [7, 11) is -3.59. The lowest BCUT2D eigenvalue weighted by Crippen LogP contribution is -2.11. The zero-order valence-electron chi connectivity index (χ0n) is 6.90. The predicted octanol–water partition coefficient (Wildman–Crippen LogP) is 0.889. The molecule has 4 nitrogen and oxygen atoms in total. The van der Waals surface area contributed by atoms with Crippen molar-refractivity contribution in [3.8, 4) is 0 Å². The highest BCUT2D eigenvalue weighted by Crippen LogP contribution is 2.12. The lowest BCUT2D eigenvalue weighted by molar-refractivity contribution is 0.598. The Kier molecular flexibility index (Phi) is 2.69. The van der Waals surface area contributed by atoms with Crippen LogP contribution in [0, 0.1) is 0 Å². The van der Waals surface area contributed by atoms with Crippen molar-refractivity contribution in [1.29, 1.82) is 0 Å². The second-order valence-electron chi connectivity index (χ2n) is 2.42. The molecule has 0 unspecified atom stereocenters. The number of rotatable bonds is 3. The Balaban J connectivity index is 3.01. The van der Waals surface area contributed by atoms with E-state index in [-0.39, 0.29) is 4.90 Å². The van der Waals surface area contributed by atoms with Gasteiger partial charge >= 0.3 is 0 Å². The molecule has 1 aromatic carbocycles. The third-order valence-corrected chi connectivity index (χ3v) is 2.38. The third-order valence-electron chi connectivity index (χ3n) is 1.45. The number of hydrogen-bond acceptors (Lipinski definition) is 3. The minimum Gasteiger partial charge on any atom is -0.362 e. The van der Waals surface area contributed by atoms with Crippen molar-refractivity contribution in [3.05, 3.63) is 37.0 Å². The minimum absolute atomic E-state index is 0.0992. The first-order valence-corrected chi connectivity index (χ1v) is 5.09. The molecule has 0 aromatic heterocycles. The van der Waals surface area contributed by atoms with Gasteiger partial charge in [0, 0.05) is 5.69 Å². The zero-order valence-corrected chi connectivity index (χ0v) is 7.71. The molecule has 70 valence electrons.